The van der Waals surface area contributed by atoms with Gasteiger partial charge in [-0.25, -0.2) is 22.8 Å². The first-order valence-electron chi connectivity index (χ1n) is 43.6. The molecule has 0 saturated heterocycles. The highest BCUT2D eigenvalue weighted by Gasteiger charge is 2.23. The molecule has 5 heteroatoms. The summed E-state index contributed by atoms with van der Waals surface area (Å²) in [6.07, 6.45) is 7.54. The minimum Gasteiger partial charge on any atom is -0.201 e. The van der Waals surface area contributed by atoms with E-state index in [0.717, 1.165) is 39.3 Å². The molecule has 0 atom stereocenters. The van der Waals surface area contributed by atoms with Crippen molar-refractivity contribution in [2.75, 3.05) is 0 Å². The molecule has 0 fully saturated rings. The van der Waals surface area contributed by atoms with E-state index in [1.54, 1.807) is 0 Å². The van der Waals surface area contributed by atoms with Crippen LogP contribution in [0.5, 0.6) is 0 Å². The van der Waals surface area contributed by atoms with E-state index in [2.05, 4.69) is 344 Å². The molecule has 0 N–H and O–H groups in total. The topological polar surface area (TPSA) is 19.4 Å². The molecular formula is C112H124N5+5. The molecule has 0 radical (unpaired) electrons. The summed E-state index contributed by atoms with van der Waals surface area (Å²) < 4.78 is 53.2. The van der Waals surface area contributed by atoms with E-state index in [4.69, 9.17) is 6.85 Å². The Bertz CT molecular complexity index is 6160. The van der Waals surface area contributed by atoms with Crippen LogP contribution in [0.3, 0.4) is 0 Å². The van der Waals surface area contributed by atoms with E-state index in [1.165, 1.54) is 139 Å². The van der Waals surface area contributed by atoms with Crippen molar-refractivity contribution in [3.63, 3.8) is 0 Å². The van der Waals surface area contributed by atoms with E-state index in [-0.39, 0.29) is 5.92 Å². The molecule has 0 aliphatic carbocycles. The van der Waals surface area contributed by atoms with Gasteiger partial charge in [-0.3, -0.25) is 0 Å². The van der Waals surface area contributed by atoms with Crippen LogP contribution in [0.4, 0.5) is 0 Å². The molecule has 5 heterocycles. The lowest BCUT2D eigenvalue weighted by Gasteiger charge is -2.18. The van der Waals surface area contributed by atoms with Crippen LogP contribution < -0.4 is 22.8 Å². The van der Waals surface area contributed by atoms with E-state index in [0.29, 0.717) is 5.56 Å². The first-order chi connectivity index (χ1) is 57.8. The summed E-state index contributed by atoms with van der Waals surface area (Å²) in [6, 6.07) is 100. The monoisotopic (exact) mass is 1540 g/mol. The van der Waals surface area contributed by atoms with E-state index in [1.807, 2.05) is 148 Å². The molecule has 0 unspecified atom stereocenters. The first kappa shape index (κ1) is 78.8. The van der Waals surface area contributed by atoms with Gasteiger partial charge in [-0.15, -0.1) is 0 Å². The maximum atomic E-state index is 8.64. The fourth-order valence-electron chi connectivity index (χ4n) is 14.9. The Morgan fingerprint density at radius 1 is 0.274 bits per heavy atom. The van der Waals surface area contributed by atoms with Crippen molar-refractivity contribution in [2.24, 2.45) is 46.6 Å². The van der Waals surface area contributed by atoms with Gasteiger partial charge in [-0.05, 0) is 246 Å². The van der Waals surface area contributed by atoms with E-state index >= 15 is 0 Å². The Labute approximate surface area is 708 Å². The third-order valence-corrected chi connectivity index (χ3v) is 21.7. The van der Waals surface area contributed by atoms with Crippen molar-refractivity contribution in [2.45, 2.75) is 136 Å². The number of aryl methyl sites for hydroxylation is 15. The van der Waals surface area contributed by atoms with Gasteiger partial charge in [0, 0.05) is 94.8 Å². The Kier molecular flexibility index (Phi) is 26.3. The molecule has 0 saturated carbocycles. The van der Waals surface area contributed by atoms with Gasteiger partial charge in [0.1, 0.15) is 35.2 Å². The quantitative estimate of drug-likeness (QED) is 0.0967. The zero-order valence-corrected chi connectivity index (χ0v) is 73.3. The lowest BCUT2D eigenvalue weighted by Crippen LogP contribution is -2.31. The van der Waals surface area contributed by atoms with Crippen molar-refractivity contribution in [1.29, 1.82) is 0 Å². The summed E-state index contributed by atoms with van der Waals surface area (Å²) in [4.78, 5) is 0. The van der Waals surface area contributed by atoms with Crippen molar-refractivity contribution >= 4 is 0 Å². The summed E-state index contributed by atoms with van der Waals surface area (Å²) in [5, 5.41) is 0. The summed E-state index contributed by atoms with van der Waals surface area (Å²) in [5.74, 6) is -0.687. The van der Waals surface area contributed by atoms with E-state index < -0.39 is 24.1 Å². The SMILES string of the molecule is Cc1cc[n+](C)c(-c2cc(-c3ccccc3)ccc2C)c1.Cc1ccc(-c2cc(-c3cc(C)c(C)c[n+]3C)c(C)cc2C)cc1.[2H]C(C)(C)c1cc[n+](C)c(-c2cc(-c3ccccc3)ccc2C)c1.[2H]C([2H])(c1cc[n+](C)c(-c2cc(-c3ccccc3)ccc2C)c1)C(C)(C)C.[2H]C([2H])(c1cc[n+](C)c(-c2cc(-c3ccccc3)ccc2C)c1)C(C)C. The van der Waals surface area contributed by atoms with Crippen LogP contribution in [0.2, 0.25) is 0 Å². The minimum atomic E-state index is -1.42. The zero-order chi connectivity index (χ0) is 88.3. The number of pyridine rings is 5. The second-order valence-electron chi connectivity index (χ2n) is 33.2. The lowest BCUT2D eigenvalue weighted by molar-refractivity contribution is -0.660. The van der Waals surface area contributed by atoms with Crippen LogP contribution in [0, 0.1) is 80.6 Å². The molecule has 0 amide bonds. The van der Waals surface area contributed by atoms with E-state index in [9.17, 15) is 0 Å². The fourth-order valence-corrected chi connectivity index (χ4v) is 14.9. The van der Waals surface area contributed by atoms with Gasteiger partial charge in [0.25, 0.3) is 0 Å². The predicted octanol–water partition coefficient (Wildman–Crippen LogP) is 26.2. The van der Waals surface area contributed by atoms with Crippen LogP contribution in [-0.4, -0.2) is 0 Å². The van der Waals surface area contributed by atoms with Crippen LogP contribution >= 0.6 is 0 Å². The largest absolute Gasteiger partial charge is 0.212 e. The van der Waals surface area contributed by atoms with Crippen LogP contribution in [-0.2, 0) is 48.0 Å². The normalized spacial score (nSPS) is 12.0. The van der Waals surface area contributed by atoms with Gasteiger partial charge in [0.2, 0.25) is 28.5 Å². The Morgan fingerprint density at radius 2 is 0.615 bits per heavy atom. The molecule has 5 nitrogen and oxygen atoms in total. The molecule has 0 bridgehead atoms. The number of aromatic nitrogens is 5. The minimum absolute atomic E-state index is 0.0835. The Hall–Kier alpha value is -12.1. The molecule has 117 heavy (non-hydrogen) atoms. The first-order valence-corrected chi connectivity index (χ1v) is 41.1. The molecular weight excluding hydrogens is 1420 g/mol. The zero-order valence-electron chi connectivity index (χ0n) is 78.3. The fraction of sp³-hybridized carbons (Fsp3) is 0.241. The third-order valence-electron chi connectivity index (χ3n) is 21.7. The highest BCUT2D eigenvalue weighted by Crippen LogP contribution is 2.36. The van der Waals surface area contributed by atoms with Gasteiger partial charge in [0.05, 0.1) is 0 Å². The lowest BCUT2D eigenvalue weighted by atomic mass is 9.87. The van der Waals surface area contributed by atoms with Crippen LogP contribution in [0.15, 0.2) is 316 Å². The number of benzene rings is 10. The molecule has 10 aromatic carbocycles. The van der Waals surface area contributed by atoms with Crippen LogP contribution in [0.25, 0.3) is 112 Å². The summed E-state index contributed by atoms with van der Waals surface area (Å²) in [5.41, 5.74) is 38.8. The summed E-state index contributed by atoms with van der Waals surface area (Å²) >= 11 is 0. The van der Waals surface area contributed by atoms with Gasteiger partial charge >= 0.3 is 0 Å². The highest BCUT2D eigenvalue weighted by molar-refractivity contribution is 5.79. The smallest absolute Gasteiger partial charge is 0.201 e. The third kappa shape index (κ3) is 22.5. The number of nitrogens with zero attached hydrogens (tertiary/aromatic N) is 5. The second kappa shape index (κ2) is 39.1. The summed E-state index contributed by atoms with van der Waals surface area (Å²) in [6.45, 7) is 35.1. The Morgan fingerprint density at radius 3 is 1.02 bits per heavy atom. The van der Waals surface area contributed by atoms with Crippen molar-refractivity contribution in [1.82, 2.24) is 0 Å². The second-order valence-corrected chi connectivity index (χ2v) is 33.2. The van der Waals surface area contributed by atoms with Gasteiger partial charge in [0.15, 0.2) is 31.0 Å². The van der Waals surface area contributed by atoms with Gasteiger partial charge < -0.3 is 0 Å². The molecule has 0 spiro atoms. The summed E-state index contributed by atoms with van der Waals surface area (Å²) in [7, 11) is 10.3. The van der Waals surface area contributed by atoms with Crippen molar-refractivity contribution < 1.29 is 29.7 Å². The maximum absolute atomic E-state index is 8.64. The van der Waals surface area contributed by atoms with Gasteiger partial charge in [-0.2, -0.15) is 0 Å². The molecule has 15 aromatic rings. The predicted molar refractivity (Wildman–Crippen MR) is 496 cm³/mol. The average Bonchev–Trinajstić information content (AvgIpc) is 0.754. The molecule has 0 aliphatic heterocycles. The van der Waals surface area contributed by atoms with Gasteiger partial charge in [-0.1, -0.05) is 254 Å². The average molecular weight is 1550 g/mol. The van der Waals surface area contributed by atoms with Crippen molar-refractivity contribution in [3.05, 3.63) is 388 Å². The molecule has 592 valence electrons. The Balaban J connectivity index is 0.000000149. The van der Waals surface area contributed by atoms with Crippen LogP contribution in [0.1, 0.15) is 134 Å². The van der Waals surface area contributed by atoms with Crippen molar-refractivity contribution in [3.8, 4) is 112 Å². The standard InChI is InChI=1S/C24H28N.2C23H26N.C22H24N.C20H20N/c1-18-11-12-21(20-9-7-6-8-10-20)16-22(18)23-15-19(13-14-25(23)5)17-24(2,3)4;1-15-7-9-20(10-8-15)21-13-22(18(4)11-17(21)3)23-12-16(2)19(5)14-24(23)6;1-17(2)14-19-12-13-24(4)23(15-19)22-16-21(11-10-18(22)3)20-8-6-5-7-9-20;1-16(2)19-12-13-23(4)22(15-19)21-14-20(11-10-17(21)3)18-8-6-5-7-9-18;1-15-11-12-21(3)20(13-15)19-14-18(10-9-16(19)2)17-7-5-4-6-8-17/h6-16H,17H2,1-5H3;7-14H,1-6H3;5-13,15-17H,14H2,1-4H3;5-16H,1-4H3;4-14H,1-3H3/q5*+1/i17D2;;14D2;16D;. The highest BCUT2D eigenvalue weighted by atomic mass is 14.9. The molecule has 5 aromatic heterocycles. The number of hydrogen-bond donors (Lipinski definition) is 0. The number of hydrogen-bond acceptors (Lipinski definition) is 0. The number of rotatable bonds is 14. The maximum Gasteiger partial charge on any atom is 0.212 e. The molecule has 0 aliphatic rings. The molecule has 15 rings (SSSR count).